The van der Waals surface area contributed by atoms with Gasteiger partial charge in [-0.05, 0) is 50.6 Å². The van der Waals surface area contributed by atoms with E-state index in [-0.39, 0.29) is 16.5 Å². The number of hydrogen-bond acceptors (Lipinski definition) is 5. The Morgan fingerprint density at radius 2 is 1.52 bits per heavy atom. The Bertz CT molecular complexity index is 1240. The Morgan fingerprint density at radius 3 is 2.21 bits per heavy atom. The summed E-state index contributed by atoms with van der Waals surface area (Å²) in [6.07, 6.45) is -1.10. The number of hydrogen-bond donors (Lipinski definition) is 2. The average molecular weight is 467 g/mol. The van der Waals surface area contributed by atoms with E-state index >= 15 is 0 Å². The van der Waals surface area contributed by atoms with Crippen molar-refractivity contribution in [2.45, 2.75) is 37.8 Å². The van der Waals surface area contributed by atoms with Gasteiger partial charge in [0.2, 0.25) is 10.0 Å². The fraction of sp³-hybridized carbons (Fsp3) is 0.200. The predicted molar refractivity (Wildman–Crippen MR) is 127 cm³/mol. The first-order valence-corrected chi connectivity index (χ1v) is 11.9. The second-order valence-electron chi connectivity index (χ2n) is 7.75. The highest BCUT2D eigenvalue weighted by Gasteiger charge is 2.22. The number of esters is 1. The van der Waals surface area contributed by atoms with Crippen molar-refractivity contribution in [1.82, 2.24) is 4.72 Å². The zero-order valence-corrected chi connectivity index (χ0v) is 19.4. The first-order valence-electron chi connectivity index (χ1n) is 10.5. The van der Waals surface area contributed by atoms with Gasteiger partial charge in [0.1, 0.15) is 0 Å². The van der Waals surface area contributed by atoms with Crippen LogP contribution in [-0.2, 0) is 19.6 Å². The fourth-order valence-corrected chi connectivity index (χ4v) is 4.44. The molecular formula is C25H26N2O5S. The second-order valence-corrected chi connectivity index (χ2v) is 9.47. The molecule has 0 fully saturated rings. The van der Waals surface area contributed by atoms with Gasteiger partial charge in [0.15, 0.2) is 6.10 Å². The van der Waals surface area contributed by atoms with Crippen LogP contribution in [0, 0.1) is 0 Å². The zero-order valence-electron chi connectivity index (χ0n) is 18.6. The van der Waals surface area contributed by atoms with Gasteiger partial charge in [-0.2, -0.15) is 0 Å². The molecular weight excluding hydrogens is 440 g/mol. The summed E-state index contributed by atoms with van der Waals surface area (Å²) < 4.78 is 32.5. The van der Waals surface area contributed by atoms with Gasteiger partial charge in [-0.1, -0.05) is 54.6 Å². The van der Waals surface area contributed by atoms with E-state index in [0.29, 0.717) is 5.69 Å². The van der Waals surface area contributed by atoms with Crippen molar-refractivity contribution in [2.24, 2.45) is 0 Å². The van der Waals surface area contributed by atoms with E-state index in [1.54, 1.807) is 26.0 Å². The number of carbonyl (C=O) groups excluding carboxylic acids is 2. The maximum Gasteiger partial charge on any atom is 0.338 e. The quantitative estimate of drug-likeness (QED) is 0.484. The van der Waals surface area contributed by atoms with Crippen LogP contribution in [0.1, 0.15) is 31.1 Å². The number of ether oxygens (including phenoxy) is 1. The van der Waals surface area contributed by atoms with Gasteiger partial charge in [0.25, 0.3) is 5.91 Å². The van der Waals surface area contributed by atoms with E-state index in [0.717, 1.165) is 11.1 Å². The highest BCUT2D eigenvalue weighted by molar-refractivity contribution is 7.89. The molecule has 3 aromatic carbocycles. The largest absolute Gasteiger partial charge is 0.449 e. The molecule has 7 nitrogen and oxygen atoms in total. The van der Waals surface area contributed by atoms with Gasteiger partial charge >= 0.3 is 5.97 Å². The summed E-state index contributed by atoms with van der Waals surface area (Å²) in [6.45, 7) is 4.86. The zero-order chi connectivity index (χ0) is 24.0. The molecule has 0 aliphatic rings. The molecule has 3 aromatic rings. The fourth-order valence-electron chi connectivity index (χ4n) is 3.15. The summed E-state index contributed by atoms with van der Waals surface area (Å²) in [4.78, 5) is 25.2. The van der Waals surface area contributed by atoms with Crippen molar-refractivity contribution >= 4 is 27.6 Å². The molecule has 0 heterocycles. The number of sulfonamides is 1. The summed E-state index contributed by atoms with van der Waals surface area (Å²) >= 11 is 0. The van der Waals surface area contributed by atoms with Crippen LogP contribution < -0.4 is 10.0 Å². The summed E-state index contributed by atoms with van der Waals surface area (Å²) in [5, 5.41) is 2.80. The maximum atomic E-state index is 12.7. The van der Waals surface area contributed by atoms with E-state index in [2.05, 4.69) is 10.0 Å². The number of rotatable bonds is 8. The van der Waals surface area contributed by atoms with Crippen LogP contribution >= 0.6 is 0 Å². The SMILES string of the molecule is CC(C)NS(=O)(=O)c1cccc(C(=O)OC(C)C(=O)Nc2ccccc2-c2ccccc2)c1. The molecule has 33 heavy (non-hydrogen) atoms. The molecule has 0 spiro atoms. The lowest BCUT2D eigenvalue weighted by atomic mass is 10.0. The minimum absolute atomic E-state index is 0.0333. The van der Waals surface area contributed by atoms with Crippen LogP contribution in [-0.4, -0.2) is 32.4 Å². The van der Waals surface area contributed by atoms with Gasteiger partial charge in [0.05, 0.1) is 10.5 Å². The number of para-hydroxylation sites is 1. The van der Waals surface area contributed by atoms with Gasteiger partial charge in [0, 0.05) is 17.3 Å². The standard InChI is InChI=1S/C25H26N2O5S/c1-17(2)27-33(30,31)21-13-9-12-20(16-21)25(29)32-18(3)24(28)26-23-15-8-7-14-22(23)19-10-5-4-6-11-19/h4-18,27H,1-3H3,(H,26,28). The molecule has 0 aliphatic carbocycles. The second kappa shape index (κ2) is 10.4. The molecule has 0 aliphatic heterocycles. The van der Waals surface area contributed by atoms with Crippen LogP contribution in [0.2, 0.25) is 0 Å². The average Bonchev–Trinajstić information content (AvgIpc) is 2.79. The Kier molecular flexibility index (Phi) is 7.63. The molecule has 8 heteroatoms. The molecule has 2 N–H and O–H groups in total. The molecule has 0 saturated heterocycles. The van der Waals surface area contributed by atoms with E-state index < -0.39 is 28.0 Å². The van der Waals surface area contributed by atoms with Crippen LogP contribution in [0.4, 0.5) is 5.69 Å². The molecule has 172 valence electrons. The van der Waals surface area contributed by atoms with E-state index in [9.17, 15) is 18.0 Å². The van der Waals surface area contributed by atoms with Crippen LogP contribution in [0.25, 0.3) is 11.1 Å². The topological polar surface area (TPSA) is 102 Å². The maximum absolute atomic E-state index is 12.7. The van der Waals surface area contributed by atoms with Gasteiger partial charge in [-0.15, -0.1) is 0 Å². The third-order valence-electron chi connectivity index (χ3n) is 4.69. The lowest BCUT2D eigenvalue weighted by Gasteiger charge is -2.16. The first-order chi connectivity index (χ1) is 15.7. The highest BCUT2D eigenvalue weighted by atomic mass is 32.2. The van der Waals surface area contributed by atoms with E-state index in [1.165, 1.54) is 31.2 Å². The lowest BCUT2D eigenvalue weighted by Crippen LogP contribution is -2.31. The van der Waals surface area contributed by atoms with Crippen molar-refractivity contribution in [3.63, 3.8) is 0 Å². The first kappa shape index (κ1) is 24.2. The molecule has 1 atom stereocenters. The molecule has 0 saturated carbocycles. The van der Waals surface area contributed by atoms with Gasteiger partial charge in [-0.3, -0.25) is 4.79 Å². The van der Waals surface area contributed by atoms with E-state index in [4.69, 9.17) is 4.74 Å². The van der Waals surface area contributed by atoms with Crippen molar-refractivity contribution in [2.75, 3.05) is 5.32 Å². The molecule has 1 unspecified atom stereocenters. The van der Waals surface area contributed by atoms with Crippen molar-refractivity contribution in [1.29, 1.82) is 0 Å². The number of anilines is 1. The van der Waals surface area contributed by atoms with Gasteiger partial charge in [-0.25, -0.2) is 17.9 Å². The minimum Gasteiger partial charge on any atom is -0.449 e. The smallest absolute Gasteiger partial charge is 0.338 e. The number of benzene rings is 3. The summed E-state index contributed by atoms with van der Waals surface area (Å²) in [5.41, 5.74) is 2.39. The van der Waals surface area contributed by atoms with Gasteiger partial charge < -0.3 is 10.1 Å². The summed E-state index contributed by atoms with van der Waals surface area (Å²) in [6, 6.07) is 22.1. The number of amides is 1. The van der Waals surface area contributed by atoms with Crippen LogP contribution in [0.5, 0.6) is 0 Å². The third-order valence-corrected chi connectivity index (χ3v) is 6.35. The van der Waals surface area contributed by atoms with Crippen molar-refractivity contribution < 1.29 is 22.7 Å². The molecule has 0 aromatic heterocycles. The Hall–Kier alpha value is -3.49. The monoisotopic (exact) mass is 466 g/mol. The Morgan fingerprint density at radius 1 is 0.848 bits per heavy atom. The molecule has 1 amide bonds. The number of nitrogens with one attached hydrogen (secondary N) is 2. The van der Waals surface area contributed by atoms with E-state index in [1.807, 2.05) is 42.5 Å². The number of carbonyl (C=O) groups is 2. The van der Waals surface area contributed by atoms with Crippen LogP contribution in [0.15, 0.2) is 83.8 Å². The highest BCUT2D eigenvalue weighted by Crippen LogP contribution is 2.27. The molecule has 0 bridgehead atoms. The minimum atomic E-state index is -3.77. The molecule has 3 rings (SSSR count). The summed E-state index contributed by atoms with van der Waals surface area (Å²) in [5.74, 6) is -1.30. The molecule has 0 radical (unpaired) electrons. The van der Waals surface area contributed by atoms with Crippen molar-refractivity contribution in [3.8, 4) is 11.1 Å². The normalized spacial score (nSPS) is 12.2. The Balaban J connectivity index is 1.72. The van der Waals surface area contributed by atoms with Crippen molar-refractivity contribution in [3.05, 3.63) is 84.4 Å². The summed E-state index contributed by atoms with van der Waals surface area (Å²) in [7, 11) is -3.77. The third kappa shape index (κ3) is 6.27. The van der Waals surface area contributed by atoms with Crippen LogP contribution in [0.3, 0.4) is 0 Å². The predicted octanol–water partition coefficient (Wildman–Crippen LogP) is 4.22. The Labute approximate surface area is 193 Å². The lowest BCUT2D eigenvalue weighted by molar-refractivity contribution is -0.123.